The zero-order valence-electron chi connectivity index (χ0n) is 9.95. The van der Waals surface area contributed by atoms with Gasteiger partial charge in [0.15, 0.2) is 0 Å². The third kappa shape index (κ3) is 4.94. The number of hydrogen-bond acceptors (Lipinski definition) is 2. The largest absolute Gasteiger partial charge is 0.324 e. The molecule has 0 fully saturated rings. The number of benzene rings is 1. The zero-order chi connectivity index (χ0) is 13.5. The third-order valence-corrected chi connectivity index (χ3v) is 2.69. The fraction of sp³-hybridized carbons (Fsp3) is 0.333. The number of alkyl halides is 1. The van der Waals surface area contributed by atoms with Crippen LogP contribution in [0.2, 0.25) is 5.02 Å². The third-order valence-electron chi connectivity index (χ3n) is 2.25. The molecule has 0 unspecified atom stereocenters. The van der Waals surface area contributed by atoms with Crippen molar-refractivity contribution in [2.45, 2.75) is 13.0 Å². The highest BCUT2D eigenvalue weighted by molar-refractivity contribution is 6.30. The van der Waals surface area contributed by atoms with Gasteiger partial charge in [-0.05, 0) is 17.7 Å². The summed E-state index contributed by atoms with van der Waals surface area (Å²) >= 11 is 11.2. The molecule has 0 aliphatic heterocycles. The topological polar surface area (TPSA) is 49.4 Å². The van der Waals surface area contributed by atoms with Crippen molar-refractivity contribution >= 4 is 35.1 Å². The first kappa shape index (κ1) is 14.8. The van der Waals surface area contributed by atoms with E-state index in [1.54, 1.807) is 19.2 Å². The van der Waals surface area contributed by atoms with Crippen molar-refractivity contribution in [2.24, 2.45) is 0 Å². The maximum absolute atomic E-state index is 11.6. The van der Waals surface area contributed by atoms with Crippen molar-refractivity contribution in [3.8, 4) is 0 Å². The van der Waals surface area contributed by atoms with Gasteiger partial charge in [0, 0.05) is 30.9 Å². The Bertz CT molecular complexity index is 421. The van der Waals surface area contributed by atoms with Crippen molar-refractivity contribution in [2.75, 3.05) is 12.9 Å². The van der Waals surface area contributed by atoms with Gasteiger partial charge < -0.3 is 4.90 Å². The average Bonchev–Trinajstić information content (AvgIpc) is 2.32. The monoisotopic (exact) mass is 288 g/mol. The fourth-order valence-corrected chi connectivity index (χ4v) is 1.60. The van der Waals surface area contributed by atoms with Gasteiger partial charge in [-0.2, -0.15) is 0 Å². The molecule has 0 aliphatic carbocycles. The molecule has 1 rings (SSSR count). The summed E-state index contributed by atoms with van der Waals surface area (Å²) in [6.45, 7) is 0.400. The number of hydrogen-bond donors (Lipinski definition) is 1. The summed E-state index contributed by atoms with van der Waals surface area (Å²) in [7, 11) is 1.61. The van der Waals surface area contributed by atoms with Crippen LogP contribution in [0, 0.1) is 0 Å². The minimum Gasteiger partial charge on any atom is -0.323 e. The van der Waals surface area contributed by atoms with Gasteiger partial charge in [0.2, 0.25) is 5.91 Å². The van der Waals surface area contributed by atoms with Crippen LogP contribution in [-0.4, -0.2) is 29.8 Å². The van der Waals surface area contributed by atoms with Gasteiger partial charge in [0.1, 0.15) is 0 Å². The Balaban J connectivity index is 2.49. The molecule has 98 valence electrons. The smallest absolute Gasteiger partial charge is 0.323 e. The molecule has 1 aromatic carbocycles. The van der Waals surface area contributed by atoms with Crippen molar-refractivity contribution in [3.05, 3.63) is 34.9 Å². The maximum atomic E-state index is 11.6. The SMILES string of the molecule is CN(Cc1ccc(Cl)cc1)C(=O)NC(=O)CCCl. The molecular formula is C12H14Cl2N2O2. The minimum absolute atomic E-state index is 0.127. The van der Waals surface area contributed by atoms with Gasteiger partial charge in [-0.3, -0.25) is 10.1 Å². The molecule has 1 aromatic rings. The van der Waals surface area contributed by atoms with E-state index in [9.17, 15) is 9.59 Å². The van der Waals surface area contributed by atoms with Crippen LogP contribution in [0.4, 0.5) is 4.79 Å². The first-order chi connectivity index (χ1) is 8.52. The molecule has 0 heterocycles. The molecule has 18 heavy (non-hydrogen) atoms. The molecule has 4 nitrogen and oxygen atoms in total. The van der Waals surface area contributed by atoms with E-state index in [0.717, 1.165) is 5.56 Å². The van der Waals surface area contributed by atoms with Crippen molar-refractivity contribution in [1.82, 2.24) is 10.2 Å². The van der Waals surface area contributed by atoms with Crippen LogP contribution < -0.4 is 5.32 Å². The molecule has 0 atom stereocenters. The summed E-state index contributed by atoms with van der Waals surface area (Å²) in [6.07, 6.45) is 0.127. The Hall–Kier alpha value is -1.26. The van der Waals surface area contributed by atoms with E-state index in [1.165, 1.54) is 4.90 Å². The van der Waals surface area contributed by atoms with Crippen LogP contribution in [0.5, 0.6) is 0 Å². The predicted octanol–water partition coefficient (Wildman–Crippen LogP) is 2.64. The number of nitrogens with zero attached hydrogens (tertiary/aromatic N) is 1. The van der Waals surface area contributed by atoms with E-state index in [-0.39, 0.29) is 18.2 Å². The molecule has 0 aliphatic rings. The number of amides is 3. The number of carbonyl (C=O) groups excluding carboxylic acids is 2. The standard InChI is InChI=1S/C12H14Cl2N2O2/c1-16(12(18)15-11(17)6-7-13)8-9-2-4-10(14)5-3-9/h2-5H,6-8H2,1H3,(H,15,17,18). The van der Waals surface area contributed by atoms with E-state index >= 15 is 0 Å². The maximum Gasteiger partial charge on any atom is 0.324 e. The van der Waals surface area contributed by atoms with Gasteiger partial charge in [0.25, 0.3) is 0 Å². The van der Waals surface area contributed by atoms with Gasteiger partial charge in [0.05, 0.1) is 0 Å². The number of imide groups is 1. The Morgan fingerprint density at radius 3 is 2.44 bits per heavy atom. The minimum atomic E-state index is -0.444. The quantitative estimate of drug-likeness (QED) is 0.866. The lowest BCUT2D eigenvalue weighted by Gasteiger charge is -2.17. The van der Waals surface area contributed by atoms with E-state index in [2.05, 4.69) is 5.32 Å². The molecule has 6 heteroatoms. The van der Waals surface area contributed by atoms with Crippen LogP contribution in [0.15, 0.2) is 24.3 Å². The van der Waals surface area contributed by atoms with Gasteiger partial charge in [-0.15, -0.1) is 11.6 Å². The Morgan fingerprint density at radius 1 is 1.28 bits per heavy atom. The summed E-state index contributed by atoms with van der Waals surface area (Å²) < 4.78 is 0. The summed E-state index contributed by atoms with van der Waals surface area (Å²) in [6, 6.07) is 6.71. The Kier molecular flexibility index (Phi) is 5.95. The molecule has 0 radical (unpaired) electrons. The molecule has 0 spiro atoms. The van der Waals surface area contributed by atoms with E-state index in [4.69, 9.17) is 23.2 Å². The number of rotatable bonds is 4. The number of urea groups is 1. The summed E-state index contributed by atoms with van der Waals surface area (Å²) in [5.74, 6) is -0.182. The van der Waals surface area contributed by atoms with Gasteiger partial charge >= 0.3 is 6.03 Å². The second kappa shape index (κ2) is 7.24. The number of nitrogens with one attached hydrogen (secondary N) is 1. The molecule has 0 saturated carbocycles. The van der Waals surface area contributed by atoms with Crippen molar-refractivity contribution in [3.63, 3.8) is 0 Å². The average molecular weight is 289 g/mol. The fourth-order valence-electron chi connectivity index (χ4n) is 1.30. The zero-order valence-corrected chi connectivity index (χ0v) is 11.5. The number of carbonyl (C=O) groups is 2. The summed E-state index contributed by atoms with van der Waals surface area (Å²) in [5.41, 5.74) is 0.932. The van der Waals surface area contributed by atoms with Crippen molar-refractivity contribution in [1.29, 1.82) is 0 Å². The van der Waals surface area contributed by atoms with Crippen LogP contribution in [0.3, 0.4) is 0 Å². The first-order valence-electron chi connectivity index (χ1n) is 5.38. The first-order valence-corrected chi connectivity index (χ1v) is 6.29. The summed E-state index contributed by atoms with van der Waals surface area (Å²) in [5, 5.41) is 2.89. The van der Waals surface area contributed by atoms with Crippen LogP contribution in [-0.2, 0) is 11.3 Å². The van der Waals surface area contributed by atoms with E-state index in [1.807, 2.05) is 12.1 Å². The second-order valence-corrected chi connectivity index (χ2v) is 4.59. The highest BCUT2D eigenvalue weighted by Crippen LogP contribution is 2.10. The van der Waals surface area contributed by atoms with Crippen LogP contribution in [0.25, 0.3) is 0 Å². The van der Waals surface area contributed by atoms with Gasteiger partial charge in [-0.25, -0.2) is 4.79 Å². The predicted molar refractivity (Wildman–Crippen MR) is 71.8 cm³/mol. The molecule has 0 saturated heterocycles. The lowest BCUT2D eigenvalue weighted by molar-refractivity contribution is -0.119. The lowest BCUT2D eigenvalue weighted by atomic mass is 10.2. The second-order valence-electron chi connectivity index (χ2n) is 3.77. The summed E-state index contributed by atoms with van der Waals surface area (Å²) in [4.78, 5) is 24.2. The van der Waals surface area contributed by atoms with E-state index in [0.29, 0.717) is 11.6 Å². The van der Waals surface area contributed by atoms with Gasteiger partial charge in [-0.1, -0.05) is 23.7 Å². The molecule has 1 N–H and O–H groups in total. The molecule has 3 amide bonds. The van der Waals surface area contributed by atoms with Crippen LogP contribution in [0.1, 0.15) is 12.0 Å². The molecular weight excluding hydrogens is 275 g/mol. The Morgan fingerprint density at radius 2 is 1.89 bits per heavy atom. The molecule has 0 aromatic heterocycles. The van der Waals surface area contributed by atoms with E-state index < -0.39 is 6.03 Å². The highest BCUT2D eigenvalue weighted by atomic mass is 35.5. The number of halogens is 2. The normalized spacial score (nSPS) is 9.94. The lowest BCUT2D eigenvalue weighted by Crippen LogP contribution is -2.40. The molecule has 0 bridgehead atoms. The Labute approximate surface area is 116 Å². The highest BCUT2D eigenvalue weighted by Gasteiger charge is 2.12. The van der Waals surface area contributed by atoms with Crippen molar-refractivity contribution < 1.29 is 9.59 Å². The van der Waals surface area contributed by atoms with Crippen LogP contribution >= 0.6 is 23.2 Å².